The Labute approximate surface area is 145 Å². The number of aromatic nitrogens is 2. The van der Waals surface area contributed by atoms with Gasteiger partial charge >= 0.3 is 5.97 Å². The molecule has 0 aliphatic heterocycles. The Hall–Kier alpha value is -3.25. The summed E-state index contributed by atoms with van der Waals surface area (Å²) in [5, 5.41) is 12.3. The van der Waals surface area contributed by atoms with Crippen molar-refractivity contribution in [2.24, 2.45) is 0 Å². The Morgan fingerprint density at radius 2 is 1.88 bits per heavy atom. The smallest absolute Gasteiger partial charge is 0.335 e. The fourth-order valence-electron chi connectivity index (χ4n) is 2.38. The predicted molar refractivity (Wildman–Crippen MR) is 94.9 cm³/mol. The van der Waals surface area contributed by atoms with Gasteiger partial charge in [0.2, 0.25) is 0 Å². The van der Waals surface area contributed by atoms with Crippen LogP contribution in [0.15, 0.2) is 60.7 Å². The molecule has 0 fully saturated rings. The minimum Gasteiger partial charge on any atom is -0.478 e. The Morgan fingerprint density at radius 1 is 1.08 bits per heavy atom. The molecule has 6 heteroatoms. The van der Waals surface area contributed by atoms with Gasteiger partial charge in [-0.05, 0) is 18.2 Å². The topological polar surface area (TPSA) is 84.3 Å². The molecule has 2 N–H and O–H groups in total. The molecule has 0 atom stereocenters. The largest absolute Gasteiger partial charge is 0.478 e. The molecule has 1 heterocycles. The fourth-order valence-corrected chi connectivity index (χ4v) is 2.38. The molecule has 0 unspecified atom stereocenters. The van der Waals surface area contributed by atoms with Gasteiger partial charge in [0.05, 0.1) is 17.9 Å². The average molecular weight is 335 g/mol. The van der Waals surface area contributed by atoms with Crippen LogP contribution in [0.25, 0.3) is 11.4 Å². The van der Waals surface area contributed by atoms with Gasteiger partial charge in [0.15, 0.2) is 5.82 Å². The van der Waals surface area contributed by atoms with Gasteiger partial charge in [-0.25, -0.2) is 14.8 Å². The number of carboxylic acids is 1. The van der Waals surface area contributed by atoms with Crippen LogP contribution in [-0.4, -0.2) is 28.2 Å². The molecule has 0 amide bonds. The highest BCUT2D eigenvalue weighted by Crippen LogP contribution is 2.21. The number of hydrogen-bond donors (Lipinski definition) is 2. The maximum Gasteiger partial charge on any atom is 0.335 e. The quantitative estimate of drug-likeness (QED) is 0.714. The molecule has 0 spiro atoms. The summed E-state index contributed by atoms with van der Waals surface area (Å²) in [7, 11) is 1.60. The lowest BCUT2D eigenvalue weighted by Crippen LogP contribution is -2.03. The zero-order valence-corrected chi connectivity index (χ0v) is 13.6. The van der Waals surface area contributed by atoms with Crippen molar-refractivity contribution in [3.05, 3.63) is 71.9 Å². The number of hydrogen-bond acceptors (Lipinski definition) is 5. The highest BCUT2D eigenvalue weighted by atomic mass is 16.5. The van der Waals surface area contributed by atoms with Crippen molar-refractivity contribution in [2.45, 2.75) is 6.61 Å². The van der Waals surface area contributed by atoms with Crippen LogP contribution in [0, 0.1) is 0 Å². The Balaban J connectivity index is 1.96. The van der Waals surface area contributed by atoms with Crippen molar-refractivity contribution in [1.29, 1.82) is 0 Å². The van der Waals surface area contributed by atoms with Gasteiger partial charge in [-0.1, -0.05) is 36.4 Å². The second-order valence-corrected chi connectivity index (χ2v) is 5.38. The van der Waals surface area contributed by atoms with E-state index in [1.807, 2.05) is 30.3 Å². The second kappa shape index (κ2) is 7.55. The van der Waals surface area contributed by atoms with E-state index in [-0.39, 0.29) is 5.56 Å². The molecule has 6 nitrogen and oxygen atoms in total. The molecule has 0 radical (unpaired) electrons. The van der Waals surface area contributed by atoms with E-state index in [0.717, 1.165) is 11.3 Å². The Morgan fingerprint density at radius 3 is 2.60 bits per heavy atom. The molecule has 0 saturated carbocycles. The molecule has 0 saturated heterocycles. The number of rotatable bonds is 6. The number of benzene rings is 2. The van der Waals surface area contributed by atoms with Crippen molar-refractivity contribution < 1.29 is 14.6 Å². The number of anilines is 2. The summed E-state index contributed by atoms with van der Waals surface area (Å²) in [5.74, 6) is 0.173. The first-order valence-corrected chi connectivity index (χ1v) is 7.68. The highest BCUT2D eigenvalue weighted by Gasteiger charge is 2.09. The third-order valence-corrected chi connectivity index (χ3v) is 3.49. The Kier molecular flexibility index (Phi) is 5.01. The lowest BCUT2D eigenvalue weighted by molar-refractivity contribution is 0.0697. The number of carbonyl (C=O) groups is 1. The molecular formula is C19H17N3O3. The number of nitrogens with one attached hydrogen (secondary N) is 1. The van der Waals surface area contributed by atoms with E-state index < -0.39 is 5.97 Å². The SMILES string of the molecule is COCc1cc(Nc2cccc(C(=O)O)c2)nc(-c2ccccc2)n1. The van der Waals surface area contributed by atoms with Crippen LogP contribution in [0.5, 0.6) is 0 Å². The van der Waals surface area contributed by atoms with Crippen LogP contribution in [0.1, 0.15) is 16.1 Å². The lowest BCUT2D eigenvalue weighted by atomic mass is 10.2. The number of ether oxygens (including phenoxy) is 1. The van der Waals surface area contributed by atoms with Crippen molar-refractivity contribution in [2.75, 3.05) is 12.4 Å². The van der Waals surface area contributed by atoms with Gasteiger partial charge in [0.1, 0.15) is 5.82 Å². The first-order chi connectivity index (χ1) is 12.2. The monoisotopic (exact) mass is 335 g/mol. The predicted octanol–water partition coefficient (Wildman–Crippen LogP) is 3.73. The highest BCUT2D eigenvalue weighted by molar-refractivity contribution is 5.89. The van der Waals surface area contributed by atoms with Gasteiger partial charge in [0.25, 0.3) is 0 Å². The summed E-state index contributed by atoms with van der Waals surface area (Å²) in [6.07, 6.45) is 0. The normalized spacial score (nSPS) is 10.4. The fraction of sp³-hybridized carbons (Fsp3) is 0.105. The first-order valence-electron chi connectivity index (χ1n) is 7.68. The van der Waals surface area contributed by atoms with Gasteiger partial charge in [0, 0.05) is 24.4 Å². The summed E-state index contributed by atoms with van der Waals surface area (Å²) < 4.78 is 5.18. The molecule has 0 aliphatic carbocycles. The van der Waals surface area contributed by atoms with Crippen molar-refractivity contribution >= 4 is 17.5 Å². The number of nitrogens with zero attached hydrogens (tertiary/aromatic N) is 2. The summed E-state index contributed by atoms with van der Waals surface area (Å²) in [6, 6.07) is 18.0. The molecule has 3 aromatic rings. The van der Waals surface area contributed by atoms with E-state index in [4.69, 9.17) is 9.84 Å². The van der Waals surface area contributed by atoms with Crippen molar-refractivity contribution in [3.63, 3.8) is 0 Å². The zero-order chi connectivity index (χ0) is 17.6. The second-order valence-electron chi connectivity index (χ2n) is 5.38. The maximum absolute atomic E-state index is 11.1. The molecular weight excluding hydrogens is 318 g/mol. The van der Waals surface area contributed by atoms with Crippen molar-refractivity contribution in [1.82, 2.24) is 9.97 Å². The summed E-state index contributed by atoms with van der Waals surface area (Å²) in [5.41, 5.74) is 2.47. The van der Waals surface area contributed by atoms with Crippen molar-refractivity contribution in [3.8, 4) is 11.4 Å². The third-order valence-electron chi connectivity index (χ3n) is 3.49. The molecule has 25 heavy (non-hydrogen) atoms. The van der Waals surface area contributed by atoms with Crippen LogP contribution in [-0.2, 0) is 11.3 Å². The van der Waals surface area contributed by atoms with E-state index >= 15 is 0 Å². The van der Waals surface area contributed by atoms with Crippen LogP contribution in [0.4, 0.5) is 11.5 Å². The molecule has 126 valence electrons. The number of carboxylic acid groups (broad SMARTS) is 1. The van der Waals surface area contributed by atoms with Crippen LogP contribution >= 0.6 is 0 Å². The van der Waals surface area contributed by atoms with Gasteiger partial charge in [-0.15, -0.1) is 0 Å². The minimum absolute atomic E-state index is 0.208. The molecule has 3 rings (SSSR count). The molecule has 0 bridgehead atoms. The third kappa shape index (κ3) is 4.19. The van der Waals surface area contributed by atoms with Gasteiger partial charge < -0.3 is 15.2 Å². The summed E-state index contributed by atoms with van der Waals surface area (Å²) in [6.45, 7) is 0.353. The molecule has 2 aromatic carbocycles. The standard InChI is InChI=1S/C19H17N3O3/c1-25-12-16-11-17(20-15-9-5-8-14(10-15)19(23)24)22-18(21-16)13-6-3-2-4-7-13/h2-11H,12H2,1H3,(H,23,24)(H,20,21,22). The van der Waals surface area contributed by atoms with Crippen LogP contribution in [0.3, 0.4) is 0 Å². The lowest BCUT2D eigenvalue weighted by Gasteiger charge is -2.10. The first kappa shape index (κ1) is 16.6. The van der Waals surface area contributed by atoms with Gasteiger partial charge in [-0.3, -0.25) is 0 Å². The Bertz CT molecular complexity index is 882. The number of aromatic carboxylic acids is 1. The summed E-state index contributed by atoms with van der Waals surface area (Å²) >= 11 is 0. The number of methoxy groups -OCH3 is 1. The maximum atomic E-state index is 11.1. The zero-order valence-electron chi connectivity index (χ0n) is 13.6. The van der Waals surface area contributed by atoms with Crippen LogP contribution in [0.2, 0.25) is 0 Å². The van der Waals surface area contributed by atoms with E-state index in [1.165, 1.54) is 0 Å². The van der Waals surface area contributed by atoms with E-state index in [9.17, 15) is 4.79 Å². The minimum atomic E-state index is -0.976. The van der Waals surface area contributed by atoms with E-state index in [1.54, 1.807) is 37.4 Å². The van der Waals surface area contributed by atoms with Crippen LogP contribution < -0.4 is 5.32 Å². The van der Waals surface area contributed by atoms with E-state index in [0.29, 0.717) is 23.9 Å². The average Bonchev–Trinajstić information content (AvgIpc) is 2.63. The van der Waals surface area contributed by atoms with E-state index in [2.05, 4.69) is 15.3 Å². The van der Waals surface area contributed by atoms with Gasteiger partial charge in [-0.2, -0.15) is 0 Å². The molecule has 1 aromatic heterocycles. The molecule has 0 aliphatic rings. The summed E-state index contributed by atoms with van der Waals surface area (Å²) in [4.78, 5) is 20.2.